The summed E-state index contributed by atoms with van der Waals surface area (Å²) in [6.45, 7) is 7.26. The molecule has 1 aromatic heterocycles. The van der Waals surface area contributed by atoms with E-state index in [1.807, 2.05) is 39.0 Å². The van der Waals surface area contributed by atoms with Crippen LogP contribution in [0.2, 0.25) is 0 Å². The molecule has 0 fully saturated rings. The molecule has 0 saturated carbocycles. The molecule has 148 valence electrons. The highest BCUT2D eigenvalue weighted by molar-refractivity contribution is 5.93. The van der Waals surface area contributed by atoms with Gasteiger partial charge in [-0.2, -0.15) is 0 Å². The first-order valence-corrected chi connectivity index (χ1v) is 8.88. The quantitative estimate of drug-likeness (QED) is 0.775. The number of carbonyl (C=O) groups is 1. The van der Waals surface area contributed by atoms with Crippen molar-refractivity contribution in [2.75, 3.05) is 19.8 Å². The number of carbonyl (C=O) groups excluding carboxylic acids is 1. The Kier molecular flexibility index (Phi) is 6.67. The first kappa shape index (κ1) is 21.0. The Morgan fingerprint density at radius 3 is 2.56 bits per heavy atom. The molecule has 3 rings (SSSR count). The SMILES string of the molecule is CCC(CC)(CN)NC(=O)c1nnn(-c2ccc3c(c2)OCCO3)c1C.Cl. The predicted molar refractivity (Wildman–Crippen MR) is 104 cm³/mol. The maximum Gasteiger partial charge on any atom is 0.274 e. The molecule has 8 nitrogen and oxygen atoms in total. The third-order valence-corrected chi connectivity index (χ3v) is 5.00. The van der Waals surface area contributed by atoms with Crippen molar-refractivity contribution in [1.82, 2.24) is 20.3 Å². The minimum absolute atomic E-state index is 0. The molecule has 1 aromatic carbocycles. The van der Waals surface area contributed by atoms with Gasteiger partial charge in [0.1, 0.15) is 13.2 Å². The molecule has 0 saturated heterocycles. The molecule has 1 amide bonds. The van der Waals surface area contributed by atoms with E-state index in [0.717, 1.165) is 18.5 Å². The second-order valence-electron chi connectivity index (χ2n) is 6.41. The maximum absolute atomic E-state index is 12.7. The van der Waals surface area contributed by atoms with Gasteiger partial charge in [0.05, 0.1) is 16.9 Å². The van der Waals surface area contributed by atoms with Crippen LogP contribution in [0.5, 0.6) is 11.5 Å². The van der Waals surface area contributed by atoms with E-state index in [1.165, 1.54) is 0 Å². The first-order valence-electron chi connectivity index (χ1n) is 8.88. The lowest BCUT2D eigenvalue weighted by atomic mass is 9.92. The van der Waals surface area contributed by atoms with Crippen LogP contribution in [0.25, 0.3) is 5.69 Å². The van der Waals surface area contributed by atoms with Crippen molar-refractivity contribution in [3.63, 3.8) is 0 Å². The predicted octanol–water partition coefficient (Wildman–Crippen LogP) is 2.02. The van der Waals surface area contributed by atoms with Crippen molar-refractivity contribution in [2.24, 2.45) is 5.73 Å². The molecule has 3 N–H and O–H groups in total. The van der Waals surface area contributed by atoms with Crippen LogP contribution in [0, 0.1) is 6.92 Å². The van der Waals surface area contributed by atoms with E-state index < -0.39 is 5.54 Å². The van der Waals surface area contributed by atoms with Crippen LogP contribution in [0.15, 0.2) is 18.2 Å². The number of amides is 1. The van der Waals surface area contributed by atoms with Crippen LogP contribution in [-0.4, -0.2) is 46.2 Å². The Hall–Kier alpha value is -2.32. The Labute approximate surface area is 164 Å². The van der Waals surface area contributed by atoms with E-state index in [2.05, 4.69) is 15.6 Å². The first-order chi connectivity index (χ1) is 12.5. The van der Waals surface area contributed by atoms with E-state index in [1.54, 1.807) is 4.68 Å². The molecule has 1 aliphatic heterocycles. The molecule has 0 radical (unpaired) electrons. The molecular formula is C18H26ClN5O3. The average molecular weight is 396 g/mol. The van der Waals surface area contributed by atoms with Crippen molar-refractivity contribution in [3.05, 3.63) is 29.6 Å². The van der Waals surface area contributed by atoms with Crippen LogP contribution in [-0.2, 0) is 0 Å². The monoisotopic (exact) mass is 395 g/mol. The second kappa shape index (κ2) is 8.58. The standard InChI is InChI=1S/C18H25N5O3.ClH/c1-4-18(5-2,11-19)20-17(24)16-12(3)23(22-21-16)13-6-7-14-15(10-13)26-9-8-25-14;/h6-7,10H,4-5,8-9,11,19H2,1-3H3,(H,20,24);1H. The van der Waals surface area contributed by atoms with Gasteiger partial charge < -0.3 is 20.5 Å². The number of benzene rings is 1. The lowest BCUT2D eigenvalue weighted by molar-refractivity contribution is 0.0889. The van der Waals surface area contributed by atoms with Gasteiger partial charge in [0, 0.05) is 12.6 Å². The van der Waals surface area contributed by atoms with Gasteiger partial charge in [-0.15, -0.1) is 17.5 Å². The molecular weight excluding hydrogens is 370 g/mol. The van der Waals surface area contributed by atoms with Crippen LogP contribution < -0.4 is 20.5 Å². The van der Waals surface area contributed by atoms with E-state index in [-0.39, 0.29) is 18.3 Å². The summed E-state index contributed by atoms with van der Waals surface area (Å²) in [6, 6.07) is 5.53. The fourth-order valence-corrected chi connectivity index (χ4v) is 3.01. The number of rotatable bonds is 6. The fourth-order valence-electron chi connectivity index (χ4n) is 3.01. The molecule has 2 heterocycles. The highest BCUT2D eigenvalue weighted by atomic mass is 35.5. The highest BCUT2D eigenvalue weighted by Crippen LogP contribution is 2.32. The molecule has 2 aromatic rings. The smallest absolute Gasteiger partial charge is 0.274 e. The maximum atomic E-state index is 12.7. The Balaban J connectivity index is 0.00000261. The van der Waals surface area contributed by atoms with Gasteiger partial charge in [0.25, 0.3) is 5.91 Å². The molecule has 0 spiro atoms. The number of fused-ring (bicyclic) bond motifs is 1. The Morgan fingerprint density at radius 1 is 1.26 bits per heavy atom. The number of aromatic nitrogens is 3. The van der Waals surface area contributed by atoms with Gasteiger partial charge >= 0.3 is 0 Å². The molecule has 9 heteroatoms. The van der Waals surface area contributed by atoms with Crippen molar-refractivity contribution in [2.45, 2.75) is 39.2 Å². The van der Waals surface area contributed by atoms with Crippen LogP contribution in [0.4, 0.5) is 0 Å². The third kappa shape index (κ3) is 4.01. The molecule has 0 atom stereocenters. The summed E-state index contributed by atoms with van der Waals surface area (Å²) >= 11 is 0. The Bertz CT molecular complexity index is 796. The number of nitrogens with two attached hydrogens (primary N) is 1. The summed E-state index contributed by atoms with van der Waals surface area (Å²) in [6.07, 6.45) is 1.50. The molecule has 0 bridgehead atoms. The summed E-state index contributed by atoms with van der Waals surface area (Å²) in [5.41, 5.74) is 7.15. The zero-order valence-corrected chi connectivity index (χ0v) is 16.6. The number of nitrogens with zero attached hydrogens (tertiary/aromatic N) is 3. The largest absolute Gasteiger partial charge is 0.486 e. The minimum Gasteiger partial charge on any atom is -0.486 e. The minimum atomic E-state index is -0.426. The summed E-state index contributed by atoms with van der Waals surface area (Å²) in [5, 5.41) is 11.2. The van der Waals surface area contributed by atoms with Gasteiger partial charge in [-0.3, -0.25) is 4.79 Å². The lowest BCUT2D eigenvalue weighted by Crippen LogP contribution is -2.53. The van der Waals surface area contributed by atoms with Crippen molar-refractivity contribution >= 4 is 18.3 Å². The lowest BCUT2D eigenvalue weighted by Gasteiger charge is -2.31. The number of nitrogens with one attached hydrogen (secondary N) is 1. The van der Waals surface area contributed by atoms with Crippen molar-refractivity contribution in [1.29, 1.82) is 0 Å². The second-order valence-corrected chi connectivity index (χ2v) is 6.41. The summed E-state index contributed by atoms with van der Waals surface area (Å²) in [4.78, 5) is 12.7. The summed E-state index contributed by atoms with van der Waals surface area (Å²) in [7, 11) is 0. The van der Waals surface area contributed by atoms with Gasteiger partial charge in [-0.25, -0.2) is 4.68 Å². The topological polar surface area (TPSA) is 104 Å². The van der Waals surface area contributed by atoms with E-state index >= 15 is 0 Å². The van der Waals surface area contributed by atoms with E-state index in [4.69, 9.17) is 15.2 Å². The zero-order chi connectivity index (χ0) is 18.7. The van der Waals surface area contributed by atoms with E-state index in [9.17, 15) is 4.79 Å². The number of hydrogen-bond donors (Lipinski definition) is 2. The summed E-state index contributed by atoms with van der Waals surface area (Å²) < 4.78 is 12.8. The third-order valence-electron chi connectivity index (χ3n) is 5.00. The van der Waals surface area contributed by atoms with Gasteiger partial charge in [0.15, 0.2) is 17.2 Å². The number of ether oxygens (including phenoxy) is 2. The zero-order valence-electron chi connectivity index (χ0n) is 15.8. The molecule has 27 heavy (non-hydrogen) atoms. The molecule has 0 aliphatic carbocycles. The number of halogens is 1. The fraction of sp³-hybridized carbons (Fsp3) is 0.500. The van der Waals surface area contributed by atoms with Gasteiger partial charge in [-0.05, 0) is 31.9 Å². The highest BCUT2D eigenvalue weighted by Gasteiger charge is 2.29. The summed E-state index contributed by atoms with van der Waals surface area (Å²) in [5.74, 6) is 1.10. The van der Waals surface area contributed by atoms with Crippen LogP contribution in [0.1, 0.15) is 42.9 Å². The average Bonchev–Trinajstić information content (AvgIpc) is 3.07. The van der Waals surface area contributed by atoms with Crippen LogP contribution >= 0.6 is 12.4 Å². The Morgan fingerprint density at radius 2 is 1.93 bits per heavy atom. The van der Waals surface area contributed by atoms with Crippen molar-refractivity contribution < 1.29 is 14.3 Å². The number of hydrogen-bond acceptors (Lipinski definition) is 6. The van der Waals surface area contributed by atoms with Crippen LogP contribution in [0.3, 0.4) is 0 Å². The van der Waals surface area contributed by atoms with Crippen molar-refractivity contribution in [3.8, 4) is 17.2 Å². The van der Waals surface area contributed by atoms with E-state index in [0.29, 0.717) is 42.6 Å². The normalized spacial score (nSPS) is 13.0. The molecule has 1 aliphatic rings. The van der Waals surface area contributed by atoms with Gasteiger partial charge in [0.2, 0.25) is 0 Å². The van der Waals surface area contributed by atoms with Gasteiger partial charge in [-0.1, -0.05) is 19.1 Å². The molecule has 0 unspecified atom stereocenters.